The number of piperidine rings is 1. The topological polar surface area (TPSA) is 95.4 Å². The predicted octanol–water partition coefficient (Wildman–Crippen LogP) is 7.14. The first kappa shape index (κ1) is 34.8. The van der Waals surface area contributed by atoms with Crippen LogP contribution in [0.2, 0.25) is 5.02 Å². The SMILES string of the molecule is CCOC(=O)/C=C/c1cnc(CN2CCC(c3cccc4c3OC(C)(c3ccc(Cl)cc3F)O4)CC2)n1CC1CN(C(=O)OC(C)(C)C)C1. The number of hydrogen-bond donors (Lipinski definition) is 0. The summed E-state index contributed by atoms with van der Waals surface area (Å²) < 4.78 is 40.2. The van der Waals surface area contributed by atoms with Gasteiger partial charge in [-0.15, -0.1) is 0 Å². The number of imidazole rings is 1. The maximum atomic E-state index is 14.9. The highest BCUT2D eigenvalue weighted by molar-refractivity contribution is 6.30. The quantitative estimate of drug-likeness (QED) is 0.172. The van der Waals surface area contributed by atoms with Crippen molar-refractivity contribution < 1.29 is 32.9 Å². The zero-order chi connectivity index (χ0) is 34.9. The number of amides is 1. The summed E-state index contributed by atoms with van der Waals surface area (Å²) in [4.78, 5) is 33.5. The number of halogens is 2. The molecule has 1 aromatic heterocycles. The van der Waals surface area contributed by atoms with E-state index in [0.717, 1.165) is 43.0 Å². The number of ether oxygens (including phenoxy) is 4. The van der Waals surface area contributed by atoms with E-state index in [1.165, 1.54) is 12.1 Å². The smallest absolute Gasteiger partial charge is 0.410 e. The first-order chi connectivity index (χ1) is 23.3. The van der Waals surface area contributed by atoms with Crippen LogP contribution in [0.4, 0.5) is 9.18 Å². The summed E-state index contributed by atoms with van der Waals surface area (Å²) in [6.07, 6.45) is 6.45. The lowest BCUT2D eigenvalue weighted by atomic mass is 9.88. The zero-order valence-electron chi connectivity index (χ0n) is 28.7. The Morgan fingerprint density at radius 2 is 1.90 bits per heavy atom. The molecule has 1 amide bonds. The van der Waals surface area contributed by atoms with E-state index in [-0.39, 0.29) is 17.9 Å². The summed E-state index contributed by atoms with van der Waals surface area (Å²) in [6, 6.07) is 10.4. The number of fused-ring (bicyclic) bond motifs is 1. The van der Waals surface area contributed by atoms with Gasteiger partial charge < -0.3 is 28.4 Å². The van der Waals surface area contributed by atoms with Crippen molar-refractivity contribution in [1.29, 1.82) is 0 Å². The third-order valence-corrected chi connectivity index (χ3v) is 9.35. The van der Waals surface area contributed by atoms with E-state index in [4.69, 9.17) is 35.5 Å². The van der Waals surface area contributed by atoms with Crippen LogP contribution in [-0.4, -0.2) is 69.8 Å². The van der Waals surface area contributed by atoms with Gasteiger partial charge in [-0.2, -0.15) is 0 Å². The van der Waals surface area contributed by atoms with Crippen LogP contribution in [0, 0.1) is 11.7 Å². The normalized spacial score (nSPS) is 20.1. The van der Waals surface area contributed by atoms with E-state index in [9.17, 15) is 14.0 Å². The number of carbonyl (C=O) groups excluding carboxylic acids is 2. The molecule has 2 saturated heterocycles. The van der Waals surface area contributed by atoms with Crippen LogP contribution in [0.25, 0.3) is 6.08 Å². The third-order valence-electron chi connectivity index (χ3n) is 9.12. The maximum Gasteiger partial charge on any atom is 0.410 e. The molecule has 3 aliphatic rings. The molecule has 3 aromatic rings. The standard InChI is InChI=1S/C37H44ClFN4O6/c1-6-46-33(44)13-11-27-19-40-32(43(27)22-24-20-42(21-24)35(45)49-36(2,3)4)23-41-16-14-25(15-17-41)28-8-7-9-31-34(28)48-37(5,47-31)29-12-10-26(38)18-30(29)39/h7-13,18-19,24-25H,6,14-17,20-23H2,1-5H3/b13-11+. The van der Waals surface area contributed by atoms with Crippen LogP contribution >= 0.6 is 11.6 Å². The Labute approximate surface area is 291 Å². The molecule has 2 aromatic carbocycles. The van der Waals surface area contributed by atoms with Crippen molar-refractivity contribution in [2.24, 2.45) is 5.92 Å². The molecule has 2 fully saturated rings. The average molecular weight is 695 g/mol. The summed E-state index contributed by atoms with van der Waals surface area (Å²) in [5.41, 5.74) is 1.62. The van der Waals surface area contributed by atoms with E-state index in [0.29, 0.717) is 54.9 Å². The number of aromatic nitrogens is 2. The van der Waals surface area contributed by atoms with E-state index < -0.39 is 23.2 Å². The zero-order valence-corrected chi connectivity index (χ0v) is 29.5. The first-order valence-electron chi connectivity index (χ1n) is 16.9. The molecular formula is C37H44ClFN4O6. The molecule has 1 unspecified atom stereocenters. The number of hydrogen-bond acceptors (Lipinski definition) is 8. The second kappa shape index (κ2) is 14.0. The van der Waals surface area contributed by atoms with Gasteiger partial charge in [-0.25, -0.2) is 19.0 Å². The minimum Gasteiger partial charge on any atom is -0.463 e. The van der Waals surface area contributed by atoms with Gasteiger partial charge in [-0.1, -0.05) is 23.7 Å². The number of carbonyl (C=O) groups is 2. The van der Waals surface area contributed by atoms with Crippen LogP contribution in [0.5, 0.6) is 11.5 Å². The minimum absolute atomic E-state index is 0.232. The molecular weight excluding hydrogens is 651 g/mol. The van der Waals surface area contributed by atoms with Gasteiger partial charge in [-0.3, -0.25) is 4.90 Å². The van der Waals surface area contributed by atoms with Gasteiger partial charge in [0.1, 0.15) is 17.2 Å². The van der Waals surface area contributed by atoms with Gasteiger partial charge in [0.2, 0.25) is 0 Å². The fraction of sp³-hybridized carbons (Fsp3) is 0.486. The van der Waals surface area contributed by atoms with E-state index in [1.54, 1.807) is 43.2 Å². The van der Waals surface area contributed by atoms with Crippen molar-refractivity contribution in [3.63, 3.8) is 0 Å². The van der Waals surface area contributed by atoms with Crippen molar-refractivity contribution in [2.45, 2.75) is 77.9 Å². The number of para-hydroxylation sites is 1. The fourth-order valence-corrected chi connectivity index (χ4v) is 6.86. The maximum absolute atomic E-state index is 14.9. The van der Waals surface area contributed by atoms with Gasteiger partial charge in [0, 0.05) is 49.1 Å². The molecule has 262 valence electrons. The molecule has 0 aliphatic carbocycles. The van der Waals surface area contributed by atoms with Crippen LogP contribution in [0.15, 0.2) is 48.7 Å². The average Bonchev–Trinajstić information content (AvgIpc) is 3.56. The van der Waals surface area contributed by atoms with Crippen LogP contribution in [0.1, 0.15) is 76.0 Å². The summed E-state index contributed by atoms with van der Waals surface area (Å²) in [7, 11) is 0. The Hall–Kier alpha value is -4.09. The van der Waals surface area contributed by atoms with Crippen molar-refractivity contribution in [2.75, 3.05) is 32.8 Å². The largest absolute Gasteiger partial charge is 0.463 e. The van der Waals surface area contributed by atoms with Gasteiger partial charge in [0.15, 0.2) is 11.5 Å². The highest BCUT2D eigenvalue weighted by Crippen LogP contribution is 2.50. The van der Waals surface area contributed by atoms with Gasteiger partial charge >= 0.3 is 12.1 Å². The molecule has 0 N–H and O–H groups in total. The molecule has 1 atom stereocenters. The predicted molar refractivity (Wildman–Crippen MR) is 183 cm³/mol. The highest BCUT2D eigenvalue weighted by atomic mass is 35.5. The Morgan fingerprint density at radius 1 is 1.14 bits per heavy atom. The molecule has 0 radical (unpaired) electrons. The number of likely N-dealkylation sites (tertiary alicyclic amines) is 2. The molecule has 6 rings (SSSR count). The lowest BCUT2D eigenvalue weighted by Crippen LogP contribution is -2.53. The van der Waals surface area contributed by atoms with Crippen molar-refractivity contribution in [3.8, 4) is 11.5 Å². The lowest BCUT2D eigenvalue weighted by Gasteiger charge is -2.40. The fourth-order valence-electron chi connectivity index (χ4n) is 6.70. The second-order valence-corrected chi connectivity index (χ2v) is 14.5. The van der Waals surface area contributed by atoms with Gasteiger partial charge in [0.25, 0.3) is 5.79 Å². The lowest BCUT2D eigenvalue weighted by molar-refractivity contribution is -0.137. The van der Waals surface area contributed by atoms with Gasteiger partial charge in [-0.05, 0) is 89.9 Å². The molecule has 0 spiro atoms. The van der Waals surface area contributed by atoms with Crippen LogP contribution in [-0.2, 0) is 33.1 Å². The van der Waals surface area contributed by atoms with Crippen LogP contribution in [0.3, 0.4) is 0 Å². The number of esters is 1. The Kier molecular flexibility index (Phi) is 9.95. The summed E-state index contributed by atoms with van der Waals surface area (Å²) in [6.45, 7) is 13.6. The van der Waals surface area contributed by atoms with E-state index in [2.05, 4.69) is 15.5 Å². The highest BCUT2D eigenvalue weighted by Gasteiger charge is 2.43. The molecule has 49 heavy (non-hydrogen) atoms. The molecule has 0 bridgehead atoms. The first-order valence-corrected chi connectivity index (χ1v) is 17.3. The number of benzene rings is 2. The van der Waals surface area contributed by atoms with Gasteiger partial charge in [0.05, 0.1) is 30.6 Å². The number of rotatable bonds is 9. The Bertz CT molecular complexity index is 1720. The molecule has 10 nitrogen and oxygen atoms in total. The summed E-state index contributed by atoms with van der Waals surface area (Å²) in [5.74, 6) is 0.451. The van der Waals surface area contributed by atoms with Crippen molar-refractivity contribution in [3.05, 3.63) is 82.2 Å². The van der Waals surface area contributed by atoms with Crippen molar-refractivity contribution >= 4 is 29.7 Å². The third kappa shape index (κ3) is 7.88. The van der Waals surface area contributed by atoms with Crippen LogP contribution < -0.4 is 9.47 Å². The number of nitrogens with zero attached hydrogens (tertiary/aromatic N) is 4. The van der Waals surface area contributed by atoms with E-state index >= 15 is 0 Å². The molecule has 3 aliphatic heterocycles. The Balaban J connectivity index is 1.11. The second-order valence-electron chi connectivity index (χ2n) is 14.0. The molecule has 12 heteroatoms. The molecule has 0 saturated carbocycles. The Morgan fingerprint density at radius 3 is 2.59 bits per heavy atom. The van der Waals surface area contributed by atoms with Crippen molar-refractivity contribution in [1.82, 2.24) is 19.4 Å². The monoisotopic (exact) mass is 694 g/mol. The van der Waals surface area contributed by atoms with E-state index in [1.807, 2.05) is 32.9 Å². The molecule has 4 heterocycles. The summed E-state index contributed by atoms with van der Waals surface area (Å²) in [5, 5.41) is 0.313. The minimum atomic E-state index is -1.30. The summed E-state index contributed by atoms with van der Waals surface area (Å²) >= 11 is 5.99.